The molecular formula is C17H27BrN2O2. The molecule has 0 aromatic carbocycles. The van der Waals surface area contributed by atoms with Gasteiger partial charge >= 0.3 is 0 Å². The van der Waals surface area contributed by atoms with Crippen LogP contribution in [0, 0.1) is 12.8 Å². The van der Waals surface area contributed by atoms with Gasteiger partial charge in [-0.1, -0.05) is 13.3 Å². The maximum absolute atomic E-state index is 12.3. The van der Waals surface area contributed by atoms with Crippen molar-refractivity contribution in [3.63, 3.8) is 0 Å². The van der Waals surface area contributed by atoms with E-state index in [1.54, 1.807) is 4.57 Å². The molecule has 0 amide bonds. The highest BCUT2D eigenvalue weighted by molar-refractivity contribution is 9.10. The number of hydrogen-bond acceptors (Lipinski definition) is 3. The maximum Gasteiger partial charge on any atom is 0.253 e. The van der Waals surface area contributed by atoms with Crippen LogP contribution in [0.4, 0.5) is 0 Å². The van der Waals surface area contributed by atoms with Gasteiger partial charge in [0.2, 0.25) is 0 Å². The Balaban J connectivity index is 1.97. The Hall–Kier alpha value is -0.650. The number of ether oxygens (including phenoxy) is 1. The Labute approximate surface area is 141 Å². The van der Waals surface area contributed by atoms with Crippen molar-refractivity contribution in [2.24, 2.45) is 11.7 Å². The van der Waals surface area contributed by atoms with E-state index in [2.05, 4.69) is 22.9 Å². The fraction of sp³-hybridized carbons (Fsp3) is 0.706. The van der Waals surface area contributed by atoms with Crippen LogP contribution in [-0.4, -0.2) is 23.8 Å². The number of nitrogens with zero attached hydrogens (tertiary/aromatic N) is 1. The van der Waals surface area contributed by atoms with E-state index in [1.165, 1.54) is 19.3 Å². The van der Waals surface area contributed by atoms with Crippen LogP contribution in [0.3, 0.4) is 0 Å². The van der Waals surface area contributed by atoms with Gasteiger partial charge in [0, 0.05) is 22.8 Å². The molecule has 1 aromatic rings. The van der Waals surface area contributed by atoms with Gasteiger partial charge in [0.05, 0.1) is 18.8 Å². The largest absolute Gasteiger partial charge is 0.376 e. The molecule has 1 aromatic heterocycles. The summed E-state index contributed by atoms with van der Waals surface area (Å²) in [5, 5.41) is 0. The smallest absolute Gasteiger partial charge is 0.253 e. The molecule has 124 valence electrons. The number of nitrogens with two attached hydrogens (primary N) is 1. The number of aromatic nitrogens is 1. The van der Waals surface area contributed by atoms with Gasteiger partial charge in [0.15, 0.2) is 0 Å². The van der Waals surface area contributed by atoms with Crippen molar-refractivity contribution < 1.29 is 4.74 Å². The Morgan fingerprint density at radius 1 is 1.41 bits per heavy atom. The molecule has 1 fully saturated rings. The minimum atomic E-state index is -0.104. The minimum Gasteiger partial charge on any atom is -0.376 e. The Kier molecular flexibility index (Phi) is 6.66. The SMILES string of the molecule is CC[C@H]1CC[C@@H](OCC(CN)n2cc(Br)cc(C)c2=O)CC1. The summed E-state index contributed by atoms with van der Waals surface area (Å²) in [6, 6.07) is 1.73. The van der Waals surface area contributed by atoms with Gasteiger partial charge in [-0.25, -0.2) is 0 Å². The summed E-state index contributed by atoms with van der Waals surface area (Å²) in [6.45, 7) is 5.00. The molecule has 0 saturated heterocycles. The quantitative estimate of drug-likeness (QED) is 0.834. The number of pyridine rings is 1. The maximum atomic E-state index is 12.3. The highest BCUT2D eigenvalue weighted by Gasteiger charge is 2.22. The van der Waals surface area contributed by atoms with Crippen LogP contribution >= 0.6 is 15.9 Å². The lowest BCUT2D eigenvalue weighted by Crippen LogP contribution is -2.35. The van der Waals surface area contributed by atoms with Crippen LogP contribution in [0.15, 0.2) is 21.5 Å². The number of hydrogen-bond donors (Lipinski definition) is 1. The van der Waals surface area contributed by atoms with Crippen molar-refractivity contribution in [3.05, 3.63) is 32.7 Å². The van der Waals surface area contributed by atoms with Gasteiger partial charge in [-0.05, 0) is 60.5 Å². The topological polar surface area (TPSA) is 57.2 Å². The van der Waals surface area contributed by atoms with E-state index >= 15 is 0 Å². The van der Waals surface area contributed by atoms with Crippen LogP contribution in [0.2, 0.25) is 0 Å². The first-order chi connectivity index (χ1) is 10.5. The lowest BCUT2D eigenvalue weighted by molar-refractivity contribution is 0.00193. The van der Waals surface area contributed by atoms with Gasteiger partial charge in [-0.15, -0.1) is 0 Å². The summed E-state index contributed by atoms with van der Waals surface area (Å²) in [5.74, 6) is 0.862. The van der Waals surface area contributed by atoms with Gasteiger partial charge in [-0.2, -0.15) is 0 Å². The van der Waals surface area contributed by atoms with Crippen LogP contribution in [0.5, 0.6) is 0 Å². The van der Waals surface area contributed by atoms with Crippen molar-refractivity contribution in [3.8, 4) is 0 Å². The average Bonchev–Trinajstić information content (AvgIpc) is 2.52. The van der Waals surface area contributed by atoms with E-state index in [9.17, 15) is 4.79 Å². The molecule has 0 bridgehead atoms. The molecule has 2 rings (SSSR count). The van der Waals surface area contributed by atoms with Crippen molar-refractivity contribution in [2.75, 3.05) is 13.2 Å². The molecule has 1 atom stereocenters. The zero-order valence-electron chi connectivity index (χ0n) is 13.6. The predicted octanol–water partition coefficient (Wildman–Crippen LogP) is 3.40. The normalized spacial score (nSPS) is 23.5. The average molecular weight is 371 g/mol. The van der Waals surface area contributed by atoms with Gasteiger partial charge in [0.1, 0.15) is 0 Å². The second-order valence-electron chi connectivity index (χ2n) is 6.33. The highest BCUT2D eigenvalue weighted by atomic mass is 79.9. The van der Waals surface area contributed by atoms with Crippen LogP contribution in [0.25, 0.3) is 0 Å². The van der Waals surface area contributed by atoms with Crippen LogP contribution < -0.4 is 11.3 Å². The fourth-order valence-electron chi connectivity index (χ4n) is 3.19. The Bertz CT molecular complexity index is 536. The summed E-state index contributed by atoms with van der Waals surface area (Å²) < 4.78 is 8.66. The molecule has 5 heteroatoms. The lowest BCUT2D eigenvalue weighted by atomic mass is 9.86. The van der Waals surface area contributed by atoms with Crippen molar-refractivity contribution in [1.82, 2.24) is 4.57 Å². The highest BCUT2D eigenvalue weighted by Crippen LogP contribution is 2.28. The van der Waals surface area contributed by atoms with Crippen LogP contribution in [0.1, 0.15) is 50.6 Å². The van der Waals surface area contributed by atoms with Crippen molar-refractivity contribution >= 4 is 15.9 Å². The third-order valence-electron chi connectivity index (χ3n) is 4.75. The van der Waals surface area contributed by atoms with E-state index in [4.69, 9.17) is 10.5 Å². The van der Waals surface area contributed by atoms with Crippen LogP contribution in [-0.2, 0) is 4.74 Å². The number of aryl methyl sites for hydroxylation is 1. The molecule has 0 aliphatic heterocycles. The van der Waals surface area contributed by atoms with E-state index in [-0.39, 0.29) is 11.6 Å². The molecule has 0 radical (unpaired) electrons. The zero-order chi connectivity index (χ0) is 16.1. The van der Waals surface area contributed by atoms with E-state index in [1.807, 2.05) is 19.2 Å². The number of halogens is 1. The first kappa shape index (κ1) is 17.7. The summed E-state index contributed by atoms with van der Waals surface area (Å²) in [5.41, 5.74) is 6.61. The fourth-order valence-corrected chi connectivity index (χ4v) is 3.75. The second kappa shape index (κ2) is 8.27. The molecule has 22 heavy (non-hydrogen) atoms. The second-order valence-corrected chi connectivity index (χ2v) is 7.24. The van der Waals surface area contributed by atoms with Gasteiger partial charge in [0.25, 0.3) is 5.56 Å². The summed E-state index contributed by atoms with van der Waals surface area (Å²) in [7, 11) is 0. The Morgan fingerprint density at radius 3 is 2.68 bits per heavy atom. The third kappa shape index (κ3) is 4.43. The molecule has 2 N–H and O–H groups in total. The molecule has 4 nitrogen and oxygen atoms in total. The van der Waals surface area contributed by atoms with E-state index in [0.717, 1.165) is 28.8 Å². The summed E-state index contributed by atoms with van der Waals surface area (Å²) >= 11 is 3.45. The zero-order valence-corrected chi connectivity index (χ0v) is 15.1. The summed E-state index contributed by atoms with van der Waals surface area (Å²) in [4.78, 5) is 12.3. The first-order valence-electron chi connectivity index (χ1n) is 8.25. The minimum absolute atomic E-state index is 0.0111. The number of rotatable bonds is 6. The van der Waals surface area contributed by atoms with Gasteiger partial charge in [-0.3, -0.25) is 4.79 Å². The molecule has 1 unspecified atom stereocenters. The van der Waals surface area contributed by atoms with Gasteiger partial charge < -0.3 is 15.0 Å². The van der Waals surface area contributed by atoms with Crippen molar-refractivity contribution in [2.45, 2.75) is 58.1 Å². The monoisotopic (exact) mass is 370 g/mol. The summed E-state index contributed by atoms with van der Waals surface area (Å²) in [6.07, 6.45) is 8.16. The first-order valence-corrected chi connectivity index (χ1v) is 9.04. The molecular weight excluding hydrogens is 344 g/mol. The van der Waals surface area contributed by atoms with E-state index < -0.39 is 0 Å². The molecule has 1 aliphatic carbocycles. The third-order valence-corrected chi connectivity index (χ3v) is 5.18. The molecule has 1 saturated carbocycles. The molecule has 0 spiro atoms. The standard InChI is InChI=1S/C17H27BrN2O2/c1-3-13-4-6-16(7-5-13)22-11-15(9-19)20-10-14(18)8-12(2)17(20)21/h8,10,13,15-16H,3-7,9,11,19H2,1-2H3/t13-,15?,16+. The molecule has 1 aliphatic rings. The van der Waals surface area contributed by atoms with E-state index in [0.29, 0.717) is 19.3 Å². The molecule has 1 heterocycles. The Morgan fingerprint density at radius 2 is 2.09 bits per heavy atom. The van der Waals surface area contributed by atoms with Crippen molar-refractivity contribution in [1.29, 1.82) is 0 Å². The lowest BCUT2D eigenvalue weighted by Gasteiger charge is -2.29. The predicted molar refractivity (Wildman–Crippen MR) is 93.2 cm³/mol.